The Morgan fingerprint density at radius 2 is 2.17 bits per heavy atom. The number of nitrogens with two attached hydrogens (primary N) is 1. The number of hydrogen-bond acceptors (Lipinski definition) is 4. The lowest BCUT2D eigenvalue weighted by molar-refractivity contribution is -0.138. The number of halogens is 3. The lowest BCUT2D eigenvalue weighted by Gasteiger charge is -2.01. The lowest BCUT2D eigenvalue weighted by atomic mass is 10.3. The van der Waals surface area contributed by atoms with Crippen LogP contribution in [0.3, 0.4) is 0 Å². The summed E-state index contributed by atoms with van der Waals surface area (Å²) in [6.45, 7) is 1.77. The second-order valence-corrected chi connectivity index (χ2v) is 5.32. The highest BCUT2D eigenvalue weighted by molar-refractivity contribution is 5.98. The first-order valence-electron chi connectivity index (χ1n) is 6.83. The van der Waals surface area contributed by atoms with Crippen LogP contribution in [-0.2, 0) is 0 Å². The number of fused-ring (bicyclic) bond motifs is 1. The van der Waals surface area contributed by atoms with Gasteiger partial charge in [-0.2, -0.15) is 23.5 Å². The number of aryl methyl sites for hydroxylation is 1. The second-order valence-electron chi connectivity index (χ2n) is 5.32. The molecule has 23 heavy (non-hydrogen) atoms. The van der Waals surface area contributed by atoms with Crippen LogP contribution < -0.4 is 5.73 Å². The number of carbonyl (C=O) groups is 1. The molecule has 3 rings (SSSR count). The summed E-state index contributed by atoms with van der Waals surface area (Å²) >= 11 is 0. The largest absolute Gasteiger partial charge is 0.389 e. The second kappa shape index (κ2) is 6.24. The Balaban J connectivity index is 0.000000203. The number of aromatic nitrogens is 3. The summed E-state index contributed by atoms with van der Waals surface area (Å²) in [6.07, 6.45) is -1.58. The first-order valence-corrected chi connectivity index (χ1v) is 6.83. The van der Waals surface area contributed by atoms with Gasteiger partial charge in [0.05, 0.1) is 6.20 Å². The van der Waals surface area contributed by atoms with Crippen molar-refractivity contribution >= 4 is 11.6 Å². The van der Waals surface area contributed by atoms with E-state index in [1.807, 2.05) is 6.07 Å². The van der Waals surface area contributed by atoms with Crippen LogP contribution in [-0.4, -0.2) is 26.7 Å². The molecule has 2 heterocycles. The van der Waals surface area contributed by atoms with Crippen molar-refractivity contribution in [3.8, 4) is 6.07 Å². The molecule has 0 bridgehead atoms. The molecule has 1 aliphatic carbocycles. The van der Waals surface area contributed by atoms with E-state index >= 15 is 0 Å². The van der Waals surface area contributed by atoms with E-state index in [1.165, 1.54) is 10.7 Å². The third-order valence-electron chi connectivity index (χ3n) is 3.25. The number of amides is 1. The van der Waals surface area contributed by atoms with Crippen LogP contribution in [0.15, 0.2) is 12.3 Å². The van der Waals surface area contributed by atoms with Gasteiger partial charge in [0.2, 0.25) is 0 Å². The zero-order chi connectivity index (χ0) is 17.2. The quantitative estimate of drug-likeness (QED) is 0.916. The maximum Gasteiger partial charge on any atom is 0.389 e. The number of hydrogen-bond donors (Lipinski definition) is 1. The predicted molar refractivity (Wildman–Crippen MR) is 74.4 cm³/mol. The van der Waals surface area contributed by atoms with Crippen molar-refractivity contribution in [2.45, 2.75) is 32.4 Å². The molecule has 1 fully saturated rings. The van der Waals surface area contributed by atoms with Gasteiger partial charge in [0.15, 0.2) is 5.65 Å². The number of nitrogens with zero attached hydrogens (tertiary/aromatic N) is 4. The molecule has 0 atom stereocenters. The van der Waals surface area contributed by atoms with Gasteiger partial charge in [0.25, 0.3) is 5.91 Å². The molecule has 0 spiro atoms. The van der Waals surface area contributed by atoms with Crippen molar-refractivity contribution in [3.63, 3.8) is 0 Å². The summed E-state index contributed by atoms with van der Waals surface area (Å²) in [4.78, 5) is 15.0. The number of alkyl halides is 3. The molecule has 0 aliphatic heterocycles. The van der Waals surface area contributed by atoms with Gasteiger partial charge in [0, 0.05) is 12.1 Å². The van der Waals surface area contributed by atoms with Crippen LogP contribution in [0, 0.1) is 24.2 Å². The van der Waals surface area contributed by atoms with E-state index in [-0.39, 0.29) is 17.2 Å². The van der Waals surface area contributed by atoms with Crippen LogP contribution >= 0.6 is 0 Å². The molecule has 6 nitrogen and oxygen atoms in total. The molecular formula is C14H14F3N5O. The van der Waals surface area contributed by atoms with Gasteiger partial charge < -0.3 is 5.73 Å². The lowest BCUT2D eigenvalue weighted by Crippen LogP contribution is -2.11. The molecular weight excluding hydrogens is 311 g/mol. The Labute approximate surface area is 129 Å². The van der Waals surface area contributed by atoms with Crippen molar-refractivity contribution in [1.82, 2.24) is 14.6 Å². The van der Waals surface area contributed by atoms with Crippen LogP contribution in [0.4, 0.5) is 13.2 Å². The third-order valence-corrected chi connectivity index (χ3v) is 3.25. The van der Waals surface area contributed by atoms with Gasteiger partial charge in [-0.3, -0.25) is 4.79 Å². The van der Waals surface area contributed by atoms with Crippen LogP contribution in [0.25, 0.3) is 5.65 Å². The third kappa shape index (κ3) is 4.42. The molecule has 0 radical (unpaired) electrons. The van der Waals surface area contributed by atoms with E-state index < -0.39 is 18.5 Å². The Bertz CT molecular complexity index is 771. The highest BCUT2D eigenvalue weighted by atomic mass is 19.4. The van der Waals surface area contributed by atoms with E-state index in [1.54, 1.807) is 13.0 Å². The molecule has 1 saturated carbocycles. The fourth-order valence-electron chi connectivity index (χ4n) is 1.99. The highest BCUT2D eigenvalue weighted by Crippen LogP contribution is 2.39. The van der Waals surface area contributed by atoms with Crippen molar-refractivity contribution < 1.29 is 18.0 Å². The molecule has 2 N–H and O–H groups in total. The fourth-order valence-corrected chi connectivity index (χ4v) is 1.99. The summed E-state index contributed by atoms with van der Waals surface area (Å²) in [7, 11) is 0. The van der Waals surface area contributed by atoms with E-state index in [0.29, 0.717) is 5.65 Å². The van der Waals surface area contributed by atoms with E-state index in [9.17, 15) is 18.0 Å². The average Bonchev–Trinajstić information content (AvgIpc) is 3.12. The van der Waals surface area contributed by atoms with Crippen LogP contribution in [0.5, 0.6) is 0 Å². The minimum atomic E-state index is -3.92. The summed E-state index contributed by atoms with van der Waals surface area (Å²) in [5.41, 5.74) is 6.65. The van der Waals surface area contributed by atoms with E-state index in [4.69, 9.17) is 11.0 Å². The van der Waals surface area contributed by atoms with Crippen LogP contribution in [0.2, 0.25) is 0 Å². The van der Waals surface area contributed by atoms with Gasteiger partial charge in [-0.05, 0) is 31.7 Å². The minimum Gasteiger partial charge on any atom is -0.365 e. The summed E-state index contributed by atoms with van der Waals surface area (Å²) in [5, 5.41) is 12.7. The molecule has 2 aromatic rings. The zero-order valence-electron chi connectivity index (χ0n) is 12.3. The first-order chi connectivity index (χ1) is 10.7. The first kappa shape index (κ1) is 16.7. The number of nitriles is 1. The standard InChI is InChI=1S/C9H7N5O.C5H7F3/c1-5-2-6(3-10)13-9-7(8(11)15)4-12-14(5)9;6-5(7,8)3-4-1-2-4/h2,4H,1H3,(H2,11,15);4H,1-3H2. The maximum atomic E-state index is 11.3. The minimum absolute atomic E-state index is 0.0324. The molecule has 2 aromatic heterocycles. The number of rotatable bonds is 2. The predicted octanol–water partition coefficient (Wildman–Crippen LogP) is 2.36. The van der Waals surface area contributed by atoms with E-state index in [2.05, 4.69) is 10.1 Å². The molecule has 9 heteroatoms. The molecule has 0 saturated heterocycles. The zero-order valence-corrected chi connectivity index (χ0v) is 12.3. The van der Waals surface area contributed by atoms with Gasteiger partial charge in [-0.25, -0.2) is 9.50 Å². The monoisotopic (exact) mass is 325 g/mol. The average molecular weight is 325 g/mol. The molecule has 1 aliphatic rings. The fraction of sp³-hybridized carbons (Fsp3) is 0.429. The molecule has 0 aromatic carbocycles. The van der Waals surface area contributed by atoms with Crippen molar-refractivity contribution in [2.75, 3.05) is 0 Å². The molecule has 122 valence electrons. The summed E-state index contributed by atoms with van der Waals surface area (Å²) in [5.74, 6) is -0.637. The van der Waals surface area contributed by atoms with Crippen molar-refractivity contribution in [1.29, 1.82) is 5.26 Å². The smallest absolute Gasteiger partial charge is 0.365 e. The normalized spacial score (nSPS) is 14.0. The van der Waals surface area contributed by atoms with Crippen LogP contribution in [0.1, 0.15) is 41.0 Å². The van der Waals surface area contributed by atoms with Gasteiger partial charge in [-0.15, -0.1) is 0 Å². The van der Waals surface area contributed by atoms with E-state index in [0.717, 1.165) is 18.5 Å². The highest BCUT2D eigenvalue weighted by Gasteiger charge is 2.36. The van der Waals surface area contributed by atoms with Gasteiger partial charge in [0.1, 0.15) is 17.3 Å². The van der Waals surface area contributed by atoms with Crippen molar-refractivity contribution in [3.05, 3.63) is 29.2 Å². The number of primary amides is 1. The Hall–Kier alpha value is -2.63. The van der Waals surface area contributed by atoms with Gasteiger partial charge in [-0.1, -0.05) is 0 Å². The molecule has 1 amide bonds. The Kier molecular flexibility index (Phi) is 4.54. The molecule has 0 unspecified atom stereocenters. The Morgan fingerprint density at radius 1 is 1.52 bits per heavy atom. The van der Waals surface area contributed by atoms with Gasteiger partial charge >= 0.3 is 6.18 Å². The summed E-state index contributed by atoms with van der Waals surface area (Å²) < 4.78 is 35.5. The topological polar surface area (TPSA) is 97.1 Å². The van der Waals surface area contributed by atoms with Crippen molar-refractivity contribution in [2.24, 2.45) is 11.7 Å². The SMILES string of the molecule is Cc1cc(C#N)nc2c(C(N)=O)cnn12.FC(F)(F)CC1CC1. The Morgan fingerprint density at radius 3 is 2.61 bits per heavy atom. The number of carbonyl (C=O) groups excluding carboxylic acids is 1. The summed E-state index contributed by atoms with van der Waals surface area (Å²) in [6, 6.07) is 3.50. The maximum absolute atomic E-state index is 11.3.